The number of amides is 1. The van der Waals surface area contributed by atoms with Gasteiger partial charge in [0, 0.05) is 12.2 Å². The Hall–Kier alpha value is -4.19. The third kappa shape index (κ3) is 5.01. The molecule has 182 valence electrons. The van der Waals surface area contributed by atoms with Crippen LogP contribution in [0.25, 0.3) is 22.8 Å². The summed E-state index contributed by atoms with van der Waals surface area (Å²) in [6.07, 6.45) is -2.73. The smallest absolute Gasteiger partial charge is 0.490 e. The summed E-state index contributed by atoms with van der Waals surface area (Å²) >= 11 is 0. The van der Waals surface area contributed by atoms with E-state index in [1.54, 1.807) is 18.2 Å². The van der Waals surface area contributed by atoms with Crippen molar-refractivity contribution in [2.75, 3.05) is 19.0 Å². The molecule has 2 heterocycles. The molecule has 0 radical (unpaired) electrons. The first-order valence-corrected chi connectivity index (χ1v) is 10.3. The number of carbonyl (C=O) groups is 1. The number of benzene rings is 2. The number of aromatic nitrogens is 4. The molecule has 0 spiro atoms. The van der Waals surface area contributed by atoms with Crippen LogP contribution >= 0.6 is 0 Å². The predicted octanol–water partition coefficient (Wildman–Crippen LogP) is 4.35. The number of ether oxygens (including phenoxy) is 1. The number of nitrogens with zero attached hydrogens (tertiary/aromatic N) is 3. The number of rotatable bonds is 7. The van der Waals surface area contributed by atoms with Crippen LogP contribution in [-0.2, 0) is 12.7 Å². The Morgan fingerprint density at radius 1 is 1.17 bits per heavy atom. The molecule has 4 rings (SSSR count). The van der Waals surface area contributed by atoms with E-state index in [0.29, 0.717) is 24.2 Å². The molecule has 1 amide bonds. The maximum absolute atomic E-state index is 13.7. The van der Waals surface area contributed by atoms with E-state index < -0.39 is 23.7 Å². The number of aliphatic hydroxyl groups excluding tert-OH is 1. The summed E-state index contributed by atoms with van der Waals surface area (Å²) in [4.78, 5) is 23.2. The molecule has 4 aromatic rings. The molecular weight excluding hydrogens is 470 g/mol. The number of aromatic amines is 1. The zero-order valence-electron chi connectivity index (χ0n) is 18.2. The molecule has 0 aliphatic rings. The lowest BCUT2D eigenvalue weighted by Gasteiger charge is -2.12. The van der Waals surface area contributed by atoms with Gasteiger partial charge in [0.1, 0.15) is 29.3 Å². The number of carbonyl (C=O) groups excluding carboxylic acids is 1. The van der Waals surface area contributed by atoms with Crippen LogP contribution in [0.4, 0.5) is 23.2 Å². The Kier molecular flexibility index (Phi) is 6.56. The van der Waals surface area contributed by atoms with Gasteiger partial charge in [0.15, 0.2) is 5.82 Å². The van der Waals surface area contributed by atoms with E-state index in [9.17, 15) is 22.4 Å². The van der Waals surface area contributed by atoms with Crippen LogP contribution in [-0.4, -0.2) is 44.2 Å². The second kappa shape index (κ2) is 9.58. The first-order valence-electron chi connectivity index (χ1n) is 10.3. The van der Waals surface area contributed by atoms with E-state index >= 15 is 0 Å². The molecular formula is C23H19F4N5O3. The van der Waals surface area contributed by atoms with Crippen molar-refractivity contribution in [3.8, 4) is 28.5 Å². The minimum atomic E-state index is -4.82. The van der Waals surface area contributed by atoms with Crippen LogP contribution in [0, 0.1) is 5.82 Å². The highest BCUT2D eigenvalue weighted by molar-refractivity contribution is 6.04. The van der Waals surface area contributed by atoms with E-state index in [4.69, 9.17) is 9.84 Å². The third-order valence-corrected chi connectivity index (χ3v) is 5.12. The van der Waals surface area contributed by atoms with Crippen LogP contribution in [0.5, 0.6) is 5.75 Å². The van der Waals surface area contributed by atoms with Crippen LogP contribution in [0.1, 0.15) is 16.1 Å². The van der Waals surface area contributed by atoms with Crippen LogP contribution in [0.3, 0.4) is 0 Å². The molecule has 2 aromatic heterocycles. The van der Waals surface area contributed by atoms with Crippen LogP contribution in [0.2, 0.25) is 0 Å². The lowest BCUT2D eigenvalue weighted by Crippen LogP contribution is -2.17. The molecule has 0 saturated heterocycles. The third-order valence-electron chi connectivity index (χ3n) is 5.12. The fourth-order valence-electron chi connectivity index (χ4n) is 3.46. The topological polar surface area (TPSA) is 105 Å². The fraction of sp³-hybridized carbons (Fsp3) is 0.174. The van der Waals surface area contributed by atoms with Gasteiger partial charge in [-0.25, -0.2) is 18.9 Å². The number of nitrogens with one attached hydrogen (secondary N) is 2. The van der Waals surface area contributed by atoms with Crippen molar-refractivity contribution in [3.63, 3.8) is 0 Å². The summed E-state index contributed by atoms with van der Waals surface area (Å²) in [5.41, 5.74) is 0.711. The first kappa shape index (κ1) is 24.0. The zero-order chi connectivity index (χ0) is 25.2. The Morgan fingerprint density at radius 3 is 2.57 bits per heavy atom. The Labute approximate surface area is 196 Å². The molecule has 0 aliphatic carbocycles. The molecule has 2 aromatic carbocycles. The summed E-state index contributed by atoms with van der Waals surface area (Å²) in [6.45, 7) is -0.0554. The minimum absolute atomic E-state index is 0.0326. The van der Waals surface area contributed by atoms with Crippen molar-refractivity contribution in [3.05, 3.63) is 72.1 Å². The fourth-order valence-corrected chi connectivity index (χ4v) is 3.46. The number of hydrogen-bond acceptors (Lipinski definition) is 5. The molecule has 12 heteroatoms. The summed E-state index contributed by atoms with van der Waals surface area (Å²) in [7, 11) is 1.41. The molecule has 0 fully saturated rings. The molecule has 35 heavy (non-hydrogen) atoms. The number of aliphatic hydroxyl groups is 1. The largest absolute Gasteiger partial charge is 0.495 e. The Bertz CT molecular complexity index is 1350. The van der Waals surface area contributed by atoms with Crippen molar-refractivity contribution in [1.82, 2.24) is 19.5 Å². The van der Waals surface area contributed by atoms with Gasteiger partial charge in [0.2, 0.25) is 0 Å². The molecule has 0 aliphatic heterocycles. The molecule has 3 N–H and O–H groups in total. The number of H-pyrrole nitrogens is 1. The number of alkyl halides is 3. The second-order valence-corrected chi connectivity index (χ2v) is 7.39. The van der Waals surface area contributed by atoms with Gasteiger partial charge in [-0.1, -0.05) is 6.07 Å². The van der Waals surface area contributed by atoms with Crippen molar-refractivity contribution in [2.45, 2.75) is 12.7 Å². The van der Waals surface area contributed by atoms with Crippen LogP contribution < -0.4 is 10.1 Å². The van der Waals surface area contributed by atoms with E-state index in [1.807, 2.05) is 0 Å². The number of anilines is 1. The lowest BCUT2D eigenvalue weighted by molar-refractivity contribution is -0.202. The van der Waals surface area contributed by atoms with Gasteiger partial charge in [-0.05, 0) is 48.4 Å². The monoisotopic (exact) mass is 489 g/mol. The van der Waals surface area contributed by atoms with Crippen molar-refractivity contribution in [1.29, 1.82) is 0 Å². The summed E-state index contributed by atoms with van der Waals surface area (Å²) in [5, 5.41) is 11.7. The van der Waals surface area contributed by atoms with Gasteiger partial charge < -0.3 is 20.1 Å². The summed E-state index contributed by atoms with van der Waals surface area (Å²) in [6, 6.07) is 9.74. The number of methoxy groups -OCH3 is 1. The van der Waals surface area contributed by atoms with E-state index in [2.05, 4.69) is 20.3 Å². The van der Waals surface area contributed by atoms with Gasteiger partial charge in [0.05, 0.1) is 24.7 Å². The van der Waals surface area contributed by atoms with Gasteiger partial charge in [-0.3, -0.25) is 4.79 Å². The average molecular weight is 489 g/mol. The predicted molar refractivity (Wildman–Crippen MR) is 118 cm³/mol. The van der Waals surface area contributed by atoms with Gasteiger partial charge in [0.25, 0.3) is 5.91 Å². The van der Waals surface area contributed by atoms with Crippen molar-refractivity contribution in [2.24, 2.45) is 0 Å². The molecule has 0 saturated carbocycles. The first-order chi connectivity index (χ1) is 16.7. The second-order valence-electron chi connectivity index (χ2n) is 7.39. The molecule has 0 atom stereocenters. The number of imidazole rings is 2. The van der Waals surface area contributed by atoms with Crippen LogP contribution in [0.15, 0.2) is 55.0 Å². The Balaban J connectivity index is 1.67. The quantitative estimate of drug-likeness (QED) is 0.335. The number of hydrogen-bond donors (Lipinski definition) is 3. The zero-order valence-corrected chi connectivity index (χ0v) is 18.2. The maximum atomic E-state index is 13.7. The van der Waals surface area contributed by atoms with Gasteiger partial charge in [-0.2, -0.15) is 0 Å². The molecule has 8 nitrogen and oxygen atoms in total. The molecule has 0 unspecified atom stereocenters. The average Bonchev–Trinajstić information content (AvgIpc) is 3.48. The highest BCUT2D eigenvalue weighted by Gasteiger charge is 2.36. The normalized spacial score (nSPS) is 11.5. The van der Waals surface area contributed by atoms with Crippen molar-refractivity contribution < 1.29 is 32.2 Å². The highest BCUT2D eigenvalue weighted by Crippen LogP contribution is 2.36. The van der Waals surface area contributed by atoms with E-state index in [-0.39, 0.29) is 33.9 Å². The summed E-state index contributed by atoms with van der Waals surface area (Å²) < 4.78 is 59.5. The van der Waals surface area contributed by atoms with E-state index in [1.165, 1.54) is 19.2 Å². The Morgan fingerprint density at radius 2 is 1.91 bits per heavy atom. The number of halogens is 4. The van der Waals surface area contributed by atoms with E-state index in [0.717, 1.165) is 23.9 Å². The SMILES string of the molecule is COc1cc(CCO)ccc1NC(=O)c1cnc(-c2c(-c3ccc(F)cc3)ncn2C(F)(F)F)[nH]1. The minimum Gasteiger partial charge on any atom is -0.495 e. The summed E-state index contributed by atoms with van der Waals surface area (Å²) in [5.74, 6) is -1.13. The standard InChI is InChI=1S/C23H19F4N5O3/c1-35-18-10-13(8-9-33)2-7-16(18)31-22(34)17-11-28-21(30-17)20-19(14-3-5-15(24)6-4-14)29-12-32(20)23(25,26)27/h2-7,10-12,33H,8-9H2,1H3,(H,28,30)(H,31,34). The maximum Gasteiger partial charge on any atom is 0.490 e. The van der Waals surface area contributed by atoms with Crippen molar-refractivity contribution >= 4 is 11.6 Å². The van der Waals surface area contributed by atoms with Gasteiger partial charge >= 0.3 is 6.30 Å². The molecule has 0 bridgehead atoms. The van der Waals surface area contributed by atoms with Gasteiger partial charge in [-0.15, -0.1) is 13.2 Å². The lowest BCUT2D eigenvalue weighted by atomic mass is 10.1. The highest BCUT2D eigenvalue weighted by atomic mass is 19.4.